The summed E-state index contributed by atoms with van der Waals surface area (Å²) < 4.78 is 0. The summed E-state index contributed by atoms with van der Waals surface area (Å²) in [4.78, 5) is 30.0. The monoisotopic (exact) mass is 219 g/mol. The maximum absolute atomic E-state index is 11.2. The van der Waals surface area contributed by atoms with Gasteiger partial charge in [-0.25, -0.2) is 14.8 Å². The number of carbonyl (C=O) groups excluding carboxylic acids is 2. The lowest BCUT2D eigenvalue weighted by atomic mass is 10.3. The molecule has 0 saturated carbocycles. The van der Waals surface area contributed by atoms with Crippen LogP contribution in [0.3, 0.4) is 0 Å². The van der Waals surface area contributed by atoms with Gasteiger partial charge in [0.05, 0.1) is 12.2 Å². The zero-order valence-corrected chi connectivity index (χ0v) is 8.23. The van der Waals surface area contributed by atoms with Gasteiger partial charge in [-0.1, -0.05) is 0 Å². The maximum atomic E-state index is 11.2. The molecule has 1 saturated heterocycles. The number of carbonyl (C=O) groups is 2. The molecule has 2 rings (SSSR count). The quantitative estimate of drug-likeness (QED) is 0.441. The van der Waals surface area contributed by atoms with Gasteiger partial charge in [0.25, 0.3) is 5.91 Å². The van der Waals surface area contributed by atoms with Crippen molar-refractivity contribution in [3.05, 3.63) is 29.5 Å². The Morgan fingerprint density at radius 2 is 2.19 bits per heavy atom. The Balaban J connectivity index is 2.28. The number of amides is 3. The third-order valence-electron chi connectivity index (χ3n) is 1.92. The Hall–Kier alpha value is -2.28. The molecule has 2 heterocycles. The minimum absolute atomic E-state index is 0.159. The fourth-order valence-electron chi connectivity index (χ4n) is 1.22. The SMILES string of the molecule is NCc1nccc(/C=C2\NC(=O)NC2=O)n1. The number of aromatic nitrogens is 2. The van der Waals surface area contributed by atoms with Gasteiger partial charge in [0.15, 0.2) is 0 Å². The van der Waals surface area contributed by atoms with Crippen LogP contribution >= 0.6 is 0 Å². The molecule has 3 amide bonds. The molecule has 1 aromatic rings. The number of urea groups is 1. The van der Waals surface area contributed by atoms with Crippen molar-refractivity contribution < 1.29 is 9.59 Å². The lowest BCUT2D eigenvalue weighted by Crippen LogP contribution is -2.22. The van der Waals surface area contributed by atoms with Crippen molar-refractivity contribution in [2.24, 2.45) is 5.73 Å². The highest BCUT2D eigenvalue weighted by Crippen LogP contribution is 2.05. The van der Waals surface area contributed by atoms with Crippen molar-refractivity contribution in [3.8, 4) is 0 Å². The van der Waals surface area contributed by atoms with E-state index in [1.165, 1.54) is 12.3 Å². The van der Waals surface area contributed by atoms with Crippen LogP contribution < -0.4 is 16.4 Å². The third-order valence-corrected chi connectivity index (χ3v) is 1.92. The number of nitrogens with zero attached hydrogens (tertiary/aromatic N) is 2. The summed E-state index contributed by atoms with van der Waals surface area (Å²) in [5.41, 5.74) is 6.06. The molecule has 0 aromatic carbocycles. The van der Waals surface area contributed by atoms with Crippen molar-refractivity contribution in [2.75, 3.05) is 0 Å². The molecule has 0 radical (unpaired) electrons. The van der Waals surface area contributed by atoms with Crippen molar-refractivity contribution in [1.29, 1.82) is 0 Å². The van der Waals surface area contributed by atoms with Crippen molar-refractivity contribution in [1.82, 2.24) is 20.6 Å². The molecular weight excluding hydrogens is 210 g/mol. The number of nitrogens with two attached hydrogens (primary N) is 1. The molecule has 7 heteroatoms. The van der Waals surface area contributed by atoms with Crippen LogP contribution in [0.4, 0.5) is 4.79 Å². The van der Waals surface area contributed by atoms with Gasteiger partial charge in [0, 0.05) is 6.20 Å². The highest BCUT2D eigenvalue weighted by molar-refractivity contribution is 6.13. The fourth-order valence-corrected chi connectivity index (χ4v) is 1.22. The second kappa shape index (κ2) is 4.07. The standard InChI is InChI=1S/C9H9N5O2/c10-4-7-11-2-1-5(12-7)3-6-8(15)14-9(16)13-6/h1-3H,4,10H2,(H2,13,14,15,16)/b6-3-. The summed E-state index contributed by atoms with van der Waals surface area (Å²) in [6.45, 7) is 0.218. The van der Waals surface area contributed by atoms with E-state index in [1.807, 2.05) is 0 Å². The number of hydrogen-bond acceptors (Lipinski definition) is 5. The van der Waals surface area contributed by atoms with Crippen LogP contribution in [0.15, 0.2) is 18.0 Å². The van der Waals surface area contributed by atoms with Crippen molar-refractivity contribution in [3.63, 3.8) is 0 Å². The van der Waals surface area contributed by atoms with Crippen LogP contribution in [-0.4, -0.2) is 21.9 Å². The molecular formula is C9H9N5O2. The molecule has 0 unspecified atom stereocenters. The van der Waals surface area contributed by atoms with Gasteiger partial charge in [0.1, 0.15) is 11.5 Å². The Labute approximate surface area is 90.8 Å². The minimum Gasteiger partial charge on any atom is -0.324 e. The zero-order valence-electron chi connectivity index (χ0n) is 8.23. The second-order valence-electron chi connectivity index (χ2n) is 3.07. The van der Waals surface area contributed by atoms with Crippen LogP contribution in [0.2, 0.25) is 0 Å². The molecule has 0 bridgehead atoms. The van der Waals surface area contributed by atoms with E-state index in [-0.39, 0.29) is 12.2 Å². The second-order valence-corrected chi connectivity index (χ2v) is 3.07. The van der Waals surface area contributed by atoms with Gasteiger partial charge >= 0.3 is 6.03 Å². The van der Waals surface area contributed by atoms with Crippen LogP contribution in [0.5, 0.6) is 0 Å². The normalized spacial score (nSPS) is 17.4. The van der Waals surface area contributed by atoms with Crippen LogP contribution in [0, 0.1) is 0 Å². The average molecular weight is 219 g/mol. The summed E-state index contributed by atoms with van der Waals surface area (Å²) in [5, 5.41) is 4.45. The molecule has 1 fully saturated rings. The van der Waals surface area contributed by atoms with E-state index < -0.39 is 11.9 Å². The van der Waals surface area contributed by atoms with E-state index in [4.69, 9.17) is 5.73 Å². The fraction of sp³-hybridized carbons (Fsp3) is 0.111. The Morgan fingerprint density at radius 1 is 1.38 bits per heavy atom. The van der Waals surface area contributed by atoms with E-state index in [2.05, 4.69) is 20.6 Å². The van der Waals surface area contributed by atoms with Crippen LogP contribution in [0.1, 0.15) is 11.5 Å². The molecule has 16 heavy (non-hydrogen) atoms. The van der Waals surface area contributed by atoms with E-state index in [0.29, 0.717) is 11.5 Å². The molecule has 7 nitrogen and oxygen atoms in total. The average Bonchev–Trinajstić information content (AvgIpc) is 2.58. The molecule has 1 aliphatic rings. The molecule has 1 aromatic heterocycles. The van der Waals surface area contributed by atoms with E-state index >= 15 is 0 Å². The first-order valence-corrected chi connectivity index (χ1v) is 4.55. The van der Waals surface area contributed by atoms with E-state index in [0.717, 1.165) is 0 Å². The highest BCUT2D eigenvalue weighted by Gasteiger charge is 2.22. The van der Waals surface area contributed by atoms with Gasteiger partial charge < -0.3 is 11.1 Å². The van der Waals surface area contributed by atoms with Gasteiger partial charge in [0.2, 0.25) is 0 Å². The topological polar surface area (TPSA) is 110 Å². The lowest BCUT2D eigenvalue weighted by Gasteiger charge is -1.97. The van der Waals surface area contributed by atoms with Gasteiger partial charge in [-0.05, 0) is 12.1 Å². The molecule has 1 aliphatic heterocycles. The Kier molecular flexibility index (Phi) is 2.61. The Morgan fingerprint density at radius 3 is 2.81 bits per heavy atom. The summed E-state index contributed by atoms with van der Waals surface area (Å²) in [5.74, 6) is -0.00278. The molecule has 82 valence electrons. The molecule has 0 spiro atoms. The summed E-state index contributed by atoms with van der Waals surface area (Å²) in [6.07, 6.45) is 3.00. The smallest absolute Gasteiger partial charge is 0.324 e. The zero-order chi connectivity index (χ0) is 11.5. The first-order chi connectivity index (χ1) is 7.69. The molecule has 0 aliphatic carbocycles. The lowest BCUT2D eigenvalue weighted by molar-refractivity contribution is -0.115. The predicted molar refractivity (Wildman–Crippen MR) is 54.6 cm³/mol. The molecule has 4 N–H and O–H groups in total. The van der Waals surface area contributed by atoms with E-state index in [9.17, 15) is 9.59 Å². The molecule has 0 atom stereocenters. The van der Waals surface area contributed by atoms with Gasteiger partial charge in [-0.15, -0.1) is 0 Å². The van der Waals surface area contributed by atoms with Crippen LogP contribution in [-0.2, 0) is 11.3 Å². The van der Waals surface area contributed by atoms with Crippen molar-refractivity contribution in [2.45, 2.75) is 6.54 Å². The predicted octanol–water partition coefficient (Wildman–Crippen LogP) is -0.884. The summed E-state index contributed by atoms with van der Waals surface area (Å²) >= 11 is 0. The first kappa shape index (κ1) is 10.2. The minimum atomic E-state index is -0.538. The highest BCUT2D eigenvalue weighted by atomic mass is 16.2. The number of imide groups is 1. The first-order valence-electron chi connectivity index (χ1n) is 4.55. The summed E-state index contributed by atoms with van der Waals surface area (Å²) in [6, 6.07) is 1.08. The number of hydrogen-bond donors (Lipinski definition) is 3. The number of rotatable bonds is 2. The number of nitrogens with one attached hydrogen (secondary N) is 2. The van der Waals surface area contributed by atoms with Gasteiger partial charge in [-0.2, -0.15) is 0 Å². The third kappa shape index (κ3) is 2.04. The largest absolute Gasteiger partial charge is 0.326 e. The van der Waals surface area contributed by atoms with Crippen molar-refractivity contribution >= 4 is 18.0 Å². The summed E-state index contributed by atoms with van der Waals surface area (Å²) in [7, 11) is 0. The van der Waals surface area contributed by atoms with Gasteiger partial charge in [-0.3, -0.25) is 10.1 Å². The Bertz CT molecular complexity index is 483. The van der Waals surface area contributed by atoms with E-state index in [1.54, 1.807) is 6.07 Å². The maximum Gasteiger partial charge on any atom is 0.326 e. The van der Waals surface area contributed by atoms with Crippen LogP contribution in [0.25, 0.3) is 6.08 Å².